The third kappa shape index (κ3) is 3.44. The van der Waals surface area contributed by atoms with Gasteiger partial charge < -0.3 is 10.8 Å². The molecule has 0 amide bonds. The zero-order valence-electron chi connectivity index (χ0n) is 11.1. The van der Waals surface area contributed by atoms with Crippen molar-refractivity contribution in [1.82, 2.24) is 4.90 Å². The standard InChI is InChI=1S/C13H28N2O/c1-11-5-4-7-13(9-11,10-14)15(3)8-6-12(2)16/h11-12,16H,4-10,14H2,1-3H3. The van der Waals surface area contributed by atoms with Gasteiger partial charge in [-0.1, -0.05) is 19.8 Å². The Bertz CT molecular complexity index is 208. The Labute approximate surface area is 100 Å². The van der Waals surface area contributed by atoms with E-state index >= 15 is 0 Å². The molecule has 0 aromatic rings. The SMILES string of the molecule is CC(O)CCN(C)C1(CN)CCCC(C)C1. The lowest BCUT2D eigenvalue weighted by Gasteiger charge is -2.46. The smallest absolute Gasteiger partial charge is 0.0524 e. The summed E-state index contributed by atoms with van der Waals surface area (Å²) in [5.74, 6) is 0.784. The predicted octanol–water partition coefficient (Wildman–Crippen LogP) is 1.60. The number of aliphatic hydroxyl groups excluding tert-OH is 1. The Kier molecular flexibility index (Phi) is 5.22. The summed E-state index contributed by atoms with van der Waals surface area (Å²) in [6.07, 6.45) is 5.68. The van der Waals surface area contributed by atoms with Gasteiger partial charge >= 0.3 is 0 Å². The fraction of sp³-hybridized carbons (Fsp3) is 1.00. The fourth-order valence-corrected chi connectivity index (χ4v) is 2.94. The van der Waals surface area contributed by atoms with Gasteiger partial charge in [-0.3, -0.25) is 4.90 Å². The molecule has 3 N–H and O–H groups in total. The first-order chi connectivity index (χ1) is 7.50. The van der Waals surface area contributed by atoms with E-state index in [1.807, 2.05) is 6.92 Å². The molecule has 1 aliphatic rings. The average molecular weight is 228 g/mol. The van der Waals surface area contributed by atoms with Crippen LogP contribution in [0.2, 0.25) is 0 Å². The van der Waals surface area contributed by atoms with Crippen LogP contribution in [0.3, 0.4) is 0 Å². The van der Waals surface area contributed by atoms with Crippen LogP contribution in [0.5, 0.6) is 0 Å². The van der Waals surface area contributed by atoms with E-state index in [9.17, 15) is 5.11 Å². The minimum Gasteiger partial charge on any atom is -0.393 e. The van der Waals surface area contributed by atoms with Crippen LogP contribution < -0.4 is 5.73 Å². The molecular weight excluding hydrogens is 200 g/mol. The van der Waals surface area contributed by atoms with Gasteiger partial charge in [0, 0.05) is 18.6 Å². The van der Waals surface area contributed by atoms with Crippen LogP contribution in [0.1, 0.15) is 46.0 Å². The van der Waals surface area contributed by atoms with Crippen LogP contribution in [0.15, 0.2) is 0 Å². The van der Waals surface area contributed by atoms with Crippen LogP contribution in [-0.4, -0.2) is 41.8 Å². The van der Waals surface area contributed by atoms with Crippen molar-refractivity contribution in [3.05, 3.63) is 0 Å². The van der Waals surface area contributed by atoms with Crippen molar-refractivity contribution in [1.29, 1.82) is 0 Å². The summed E-state index contributed by atoms with van der Waals surface area (Å²) >= 11 is 0. The molecule has 0 aromatic heterocycles. The average Bonchev–Trinajstić information content (AvgIpc) is 2.25. The van der Waals surface area contributed by atoms with E-state index in [4.69, 9.17) is 5.73 Å². The van der Waals surface area contributed by atoms with Crippen molar-refractivity contribution >= 4 is 0 Å². The van der Waals surface area contributed by atoms with Crippen LogP contribution in [0.4, 0.5) is 0 Å². The highest BCUT2D eigenvalue weighted by Crippen LogP contribution is 2.35. The van der Waals surface area contributed by atoms with Crippen LogP contribution in [0.25, 0.3) is 0 Å². The van der Waals surface area contributed by atoms with Gasteiger partial charge in [0.1, 0.15) is 0 Å². The molecule has 0 aromatic carbocycles. The number of rotatable bonds is 5. The van der Waals surface area contributed by atoms with Gasteiger partial charge in [0.2, 0.25) is 0 Å². The Morgan fingerprint density at radius 1 is 1.56 bits per heavy atom. The zero-order chi connectivity index (χ0) is 12.2. The molecule has 1 aliphatic carbocycles. The van der Waals surface area contributed by atoms with Crippen molar-refractivity contribution in [2.45, 2.75) is 57.6 Å². The molecule has 1 rings (SSSR count). The molecular formula is C13H28N2O. The summed E-state index contributed by atoms with van der Waals surface area (Å²) in [6, 6.07) is 0. The van der Waals surface area contributed by atoms with Gasteiger partial charge in [0.25, 0.3) is 0 Å². The molecule has 0 bridgehead atoms. The Hall–Kier alpha value is -0.120. The molecule has 3 unspecified atom stereocenters. The van der Waals surface area contributed by atoms with Crippen molar-refractivity contribution in [3.63, 3.8) is 0 Å². The van der Waals surface area contributed by atoms with Crippen LogP contribution in [-0.2, 0) is 0 Å². The maximum atomic E-state index is 9.35. The third-order valence-corrected chi connectivity index (χ3v) is 4.14. The highest BCUT2D eigenvalue weighted by molar-refractivity contribution is 4.94. The number of nitrogens with two attached hydrogens (primary N) is 1. The van der Waals surface area contributed by atoms with Crippen molar-refractivity contribution in [2.24, 2.45) is 11.7 Å². The van der Waals surface area contributed by atoms with E-state index in [0.29, 0.717) is 0 Å². The monoisotopic (exact) mass is 228 g/mol. The highest BCUT2D eigenvalue weighted by Gasteiger charge is 2.36. The summed E-state index contributed by atoms with van der Waals surface area (Å²) in [5.41, 5.74) is 6.19. The van der Waals surface area contributed by atoms with Crippen molar-refractivity contribution in [2.75, 3.05) is 20.1 Å². The molecule has 0 saturated heterocycles. The normalized spacial score (nSPS) is 33.0. The lowest BCUT2D eigenvalue weighted by molar-refractivity contribution is 0.0490. The van der Waals surface area contributed by atoms with E-state index in [-0.39, 0.29) is 11.6 Å². The zero-order valence-corrected chi connectivity index (χ0v) is 11.1. The summed E-state index contributed by atoms with van der Waals surface area (Å²) in [6.45, 7) is 5.87. The quantitative estimate of drug-likeness (QED) is 0.751. The lowest BCUT2D eigenvalue weighted by atomic mass is 9.75. The summed E-state index contributed by atoms with van der Waals surface area (Å²) in [4.78, 5) is 2.38. The van der Waals surface area contributed by atoms with E-state index < -0.39 is 0 Å². The van der Waals surface area contributed by atoms with Gasteiger partial charge in [-0.25, -0.2) is 0 Å². The molecule has 3 nitrogen and oxygen atoms in total. The molecule has 1 saturated carbocycles. The topological polar surface area (TPSA) is 49.5 Å². The summed E-state index contributed by atoms with van der Waals surface area (Å²) in [7, 11) is 2.16. The molecule has 0 radical (unpaired) electrons. The summed E-state index contributed by atoms with van der Waals surface area (Å²) in [5, 5.41) is 9.35. The van der Waals surface area contributed by atoms with E-state index in [1.54, 1.807) is 0 Å². The second-order valence-corrected chi connectivity index (χ2v) is 5.69. The Morgan fingerprint density at radius 2 is 2.25 bits per heavy atom. The molecule has 3 atom stereocenters. The Morgan fingerprint density at radius 3 is 2.75 bits per heavy atom. The third-order valence-electron chi connectivity index (χ3n) is 4.14. The van der Waals surface area contributed by atoms with Gasteiger partial charge in [0.05, 0.1) is 6.10 Å². The van der Waals surface area contributed by atoms with E-state index in [1.165, 1.54) is 25.7 Å². The van der Waals surface area contributed by atoms with E-state index in [0.717, 1.165) is 25.4 Å². The first kappa shape index (κ1) is 13.9. The van der Waals surface area contributed by atoms with Gasteiger partial charge in [0.15, 0.2) is 0 Å². The van der Waals surface area contributed by atoms with Crippen LogP contribution >= 0.6 is 0 Å². The molecule has 0 heterocycles. The molecule has 3 heteroatoms. The largest absolute Gasteiger partial charge is 0.393 e. The minimum atomic E-state index is -0.210. The maximum Gasteiger partial charge on any atom is 0.0524 e. The lowest BCUT2D eigenvalue weighted by Crippen LogP contribution is -2.55. The van der Waals surface area contributed by atoms with Gasteiger partial charge in [-0.15, -0.1) is 0 Å². The number of aliphatic hydroxyl groups is 1. The number of likely N-dealkylation sites (N-methyl/N-ethyl adjacent to an activating group) is 1. The predicted molar refractivity (Wildman–Crippen MR) is 68.3 cm³/mol. The molecule has 0 spiro atoms. The fourth-order valence-electron chi connectivity index (χ4n) is 2.94. The van der Waals surface area contributed by atoms with E-state index in [2.05, 4.69) is 18.9 Å². The van der Waals surface area contributed by atoms with Gasteiger partial charge in [-0.2, -0.15) is 0 Å². The van der Waals surface area contributed by atoms with Crippen LogP contribution in [0, 0.1) is 5.92 Å². The molecule has 16 heavy (non-hydrogen) atoms. The minimum absolute atomic E-state index is 0.187. The molecule has 1 fully saturated rings. The van der Waals surface area contributed by atoms with Crippen molar-refractivity contribution < 1.29 is 5.11 Å². The highest BCUT2D eigenvalue weighted by atomic mass is 16.3. The second kappa shape index (κ2) is 5.99. The first-order valence-corrected chi connectivity index (χ1v) is 6.59. The number of hydrogen-bond donors (Lipinski definition) is 2. The number of nitrogens with zero attached hydrogens (tertiary/aromatic N) is 1. The summed E-state index contributed by atoms with van der Waals surface area (Å²) < 4.78 is 0. The van der Waals surface area contributed by atoms with Crippen molar-refractivity contribution in [3.8, 4) is 0 Å². The number of hydrogen-bond acceptors (Lipinski definition) is 3. The van der Waals surface area contributed by atoms with Gasteiger partial charge in [-0.05, 0) is 39.2 Å². The second-order valence-electron chi connectivity index (χ2n) is 5.69. The maximum absolute atomic E-state index is 9.35. The molecule has 96 valence electrons. The first-order valence-electron chi connectivity index (χ1n) is 6.59. The molecule has 0 aliphatic heterocycles. The Balaban J connectivity index is 2.56.